The van der Waals surface area contributed by atoms with Crippen molar-refractivity contribution < 1.29 is 23.7 Å². The Morgan fingerprint density at radius 2 is 1.02 bits per heavy atom. The summed E-state index contributed by atoms with van der Waals surface area (Å²) in [5, 5.41) is 4.49. The molecule has 0 saturated carbocycles. The van der Waals surface area contributed by atoms with Gasteiger partial charge in [0.1, 0.15) is 31.3 Å². The Bertz CT molecular complexity index is 1980. The molecule has 1 aliphatic rings. The average Bonchev–Trinajstić information content (AvgIpc) is 3.37. The Hall–Kier alpha value is -5.13. The van der Waals surface area contributed by atoms with Crippen LogP contribution in [-0.2, 0) is 19.7 Å². The van der Waals surface area contributed by atoms with Gasteiger partial charge in [0.15, 0.2) is 0 Å². The molecule has 5 heteroatoms. The molecule has 0 spiro atoms. The molecule has 7 rings (SSSR count). The predicted molar refractivity (Wildman–Crippen MR) is 178 cm³/mol. The van der Waals surface area contributed by atoms with Crippen LogP contribution in [0.1, 0.15) is 29.2 Å². The highest BCUT2D eigenvalue weighted by Gasteiger charge is 2.46. The molecule has 0 atom stereocenters. The Morgan fingerprint density at radius 3 is 1.53 bits per heavy atom. The van der Waals surface area contributed by atoms with E-state index < -0.39 is 5.41 Å². The van der Waals surface area contributed by atoms with Gasteiger partial charge in [-0.05, 0) is 91.3 Å². The maximum Gasteiger partial charge on any atom is 0.302 e. The smallest absolute Gasteiger partial charge is 0.302 e. The zero-order valence-corrected chi connectivity index (χ0v) is 25.4. The number of hydrogen-bond donors (Lipinski definition) is 0. The van der Waals surface area contributed by atoms with Gasteiger partial charge in [-0.2, -0.15) is 0 Å². The van der Waals surface area contributed by atoms with Crippen molar-refractivity contribution in [1.29, 1.82) is 0 Å². The van der Waals surface area contributed by atoms with E-state index in [-0.39, 0.29) is 12.6 Å². The van der Waals surface area contributed by atoms with Crippen molar-refractivity contribution in [3.63, 3.8) is 0 Å². The predicted octanol–water partition coefficient (Wildman–Crippen LogP) is 8.32. The van der Waals surface area contributed by atoms with Crippen molar-refractivity contribution in [3.8, 4) is 22.6 Å². The zero-order valence-electron chi connectivity index (χ0n) is 25.4. The van der Waals surface area contributed by atoms with Gasteiger partial charge in [0, 0.05) is 14.0 Å². The Labute approximate surface area is 262 Å². The molecule has 0 amide bonds. The molecule has 45 heavy (non-hydrogen) atoms. The Morgan fingerprint density at radius 1 is 0.556 bits per heavy atom. The van der Waals surface area contributed by atoms with Crippen molar-refractivity contribution in [2.45, 2.75) is 12.3 Å². The first-order chi connectivity index (χ1) is 22.1. The van der Waals surface area contributed by atoms with Crippen molar-refractivity contribution >= 4 is 27.5 Å². The number of carbonyl (C=O) groups excluding carboxylic acids is 1. The lowest BCUT2D eigenvalue weighted by molar-refractivity contribution is -0.141. The van der Waals surface area contributed by atoms with Gasteiger partial charge in [0.25, 0.3) is 0 Å². The van der Waals surface area contributed by atoms with Gasteiger partial charge in [-0.15, -0.1) is 0 Å². The van der Waals surface area contributed by atoms with Gasteiger partial charge in [-0.3, -0.25) is 4.79 Å². The van der Waals surface area contributed by atoms with E-state index >= 15 is 0 Å². The van der Waals surface area contributed by atoms with Gasteiger partial charge in [0.2, 0.25) is 0 Å². The van der Waals surface area contributed by atoms with Gasteiger partial charge >= 0.3 is 5.97 Å². The SMILES string of the molecule is COCCOc1ccc2cc(C3(c4ccc5cc(OCCOC(C)=O)ccc5c4)c4ccccc4-c4ccccc43)ccc2c1. The van der Waals surface area contributed by atoms with Crippen molar-refractivity contribution in [2.75, 3.05) is 33.5 Å². The maximum absolute atomic E-state index is 11.1. The third-order valence-corrected chi connectivity index (χ3v) is 8.66. The van der Waals surface area contributed by atoms with Crippen LogP contribution in [0, 0.1) is 0 Å². The van der Waals surface area contributed by atoms with Gasteiger partial charge in [-0.25, -0.2) is 0 Å². The van der Waals surface area contributed by atoms with E-state index in [0.29, 0.717) is 19.8 Å². The van der Waals surface area contributed by atoms with E-state index in [1.165, 1.54) is 40.3 Å². The molecule has 0 N–H and O–H groups in total. The standard InChI is InChI=1S/C40H34O5/c1-27(41)43-21-22-45-35-18-14-29-24-33(16-12-31(29)26-35)40(38-9-5-3-7-36(38)37-8-4-6-10-39(37)40)32-15-11-30-25-34(44-20-19-42-2)17-13-28(30)23-32/h3-18,23-26H,19-22H2,1-2H3. The van der Waals surface area contributed by atoms with Crippen LogP contribution in [0.4, 0.5) is 0 Å². The quantitative estimate of drug-likeness (QED) is 0.118. The molecule has 6 aromatic carbocycles. The van der Waals surface area contributed by atoms with E-state index in [0.717, 1.165) is 33.0 Å². The number of hydrogen-bond acceptors (Lipinski definition) is 5. The summed E-state index contributed by atoms with van der Waals surface area (Å²) in [6.07, 6.45) is 0. The molecule has 0 aliphatic heterocycles. The summed E-state index contributed by atoms with van der Waals surface area (Å²) in [5.41, 5.74) is 6.96. The number of benzene rings is 6. The van der Waals surface area contributed by atoms with Crippen LogP contribution in [0.3, 0.4) is 0 Å². The molecular formula is C40H34O5. The molecule has 6 aromatic rings. The fourth-order valence-corrected chi connectivity index (χ4v) is 6.71. The van der Waals surface area contributed by atoms with E-state index in [2.05, 4.69) is 103 Å². The molecule has 0 radical (unpaired) electrons. The van der Waals surface area contributed by atoms with Crippen molar-refractivity contribution in [2.24, 2.45) is 0 Å². The second kappa shape index (κ2) is 12.1. The van der Waals surface area contributed by atoms with E-state index in [1.807, 2.05) is 18.2 Å². The summed E-state index contributed by atoms with van der Waals surface area (Å²) >= 11 is 0. The summed E-state index contributed by atoms with van der Waals surface area (Å²) in [6, 6.07) is 43.5. The highest BCUT2D eigenvalue weighted by Crippen LogP contribution is 2.56. The molecular weight excluding hydrogens is 560 g/mol. The van der Waals surface area contributed by atoms with Crippen molar-refractivity contribution in [1.82, 2.24) is 0 Å². The number of rotatable bonds is 10. The van der Waals surface area contributed by atoms with E-state index in [9.17, 15) is 4.79 Å². The fourth-order valence-electron chi connectivity index (χ4n) is 6.71. The second-order valence-electron chi connectivity index (χ2n) is 11.3. The van der Waals surface area contributed by atoms with Crippen LogP contribution in [-0.4, -0.2) is 39.5 Å². The number of ether oxygens (including phenoxy) is 4. The molecule has 0 saturated heterocycles. The largest absolute Gasteiger partial charge is 0.491 e. The molecule has 1 aliphatic carbocycles. The fraction of sp³-hybridized carbons (Fsp3) is 0.175. The van der Waals surface area contributed by atoms with Crippen LogP contribution >= 0.6 is 0 Å². The summed E-state index contributed by atoms with van der Waals surface area (Å²) in [4.78, 5) is 11.1. The summed E-state index contributed by atoms with van der Waals surface area (Å²) < 4.78 is 21.9. The van der Waals surface area contributed by atoms with E-state index in [1.54, 1.807) is 7.11 Å². The second-order valence-corrected chi connectivity index (χ2v) is 11.3. The molecule has 0 unspecified atom stereocenters. The third kappa shape index (κ3) is 5.19. The minimum Gasteiger partial charge on any atom is -0.491 e. The summed E-state index contributed by atoms with van der Waals surface area (Å²) in [7, 11) is 1.68. The lowest BCUT2D eigenvalue weighted by Gasteiger charge is -2.34. The first-order valence-electron chi connectivity index (χ1n) is 15.2. The molecule has 0 fully saturated rings. The topological polar surface area (TPSA) is 54.0 Å². The zero-order chi connectivity index (χ0) is 30.8. The molecule has 0 aromatic heterocycles. The van der Waals surface area contributed by atoms with Gasteiger partial charge in [0.05, 0.1) is 12.0 Å². The number of methoxy groups -OCH3 is 1. The number of fused-ring (bicyclic) bond motifs is 5. The molecule has 0 heterocycles. The Balaban J connectivity index is 1.36. The van der Waals surface area contributed by atoms with Crippen LogP contribution in [0.15, 0.2) is 121 Å². The monoisotopic (exact) mass is 594 g/mol. The minimum absolute atomic E-state index is 0.224. The van der Waals surface area contributed by atoms with Crippen LogP contribution in [0.25, 0.3) is 32.7 Å². The van der Waals surface area contributed by atoms with Crippen LogP contribution in [0.2, 0.25) is 0 Å². The van der Waals surface area contributed by atoms with Crippen LogP contribution in [0.5, 0.6) is 11.5 Å². The summed E-state index contributed by atoms with van der Waals surface area (Å²) in [5.74, 6) is 1.27. The average molecular weight is 595 g/mol. The van der Waals surface area contributed by atoms with Crippen molar-refractivity contribution in [3.05, 3.63) is 144 Å². The molecule has 224 valence electrons. The molecule has 5 nitrogen and oxygen atoms in total. The van der Waals surface area contributed by atoms with E-state index in [4.69, 9.17) is 18.9 Å². The van der Waals surface area contributed by atoms with Gasteiger partial charge < -0.3 is 18.9 Å². The number of carbonyl (C=O) groups is 1. The van der Waals surface area contributed by atoms with Gasteiger partial charge in [-0.1, -0.05) is 84.9 Å². The lowest BCUT2D eigenvalue weighted by Crippen LogP contribution is -2.28. The first-order valence-corrected chi connectivity index (χ1v) is 15.2. The van der Waals surface area contributed by atoms with Crippen LogP contribution < -0.4 is 9.47 Å². The number of esters is 1. The minimum atomic E-state index is -0.512. The third-order valence-electron chi connectivity index (χ3n) is 8.66. The maximum atomic E-state index is 11.1. The summed E-state index contributed by atoms with van der Waals surface area (Å²) in [6.45, 7) is 3.00. The molecule has 0 bridgehead atoms. The highest BCUT2D eigenvalue weighted by atomic mass is 16.6. The normalized spacial score (nSPS) is 12.9. The lowest BCUT2D eigenvalue weighted by atomic mass is 9.67. The highest BCUT2D eigenvalue weighted by molar-refractivity contribution is 5.92. The Kier molecular flexibility index (Phi) is 7.70. The first kappa shape index (κ1) is 28.6.